The molecule has 0 radical (unpaired) electrons. The third kappa shape index (κ3) is 6.24. The van der Waals surface area contributed by atoms with Crippen LogP contribution in [0.25, 0.3) is 0 Å². The molecular weight excluding hydrogens is 332 g/mol. The summed E-state index contributed by atoms with van der Waals surface area (Å²) < 4.78 is 11.3. The first-order valence-electron chi connectivity index (χ1n) is 9.30. The standard InChI is InChI=1S/C20H30N2O4/c1-5-15(22-19(24)26-20(2,3)4)18(23)21-16-12-9-13-17(16)25-14-10-7-6-8-11-14/h6-8,10-11,15-17H,5,9,12-13H2,1-4H3,(H,21,23)(H,22,24)/t15-,16?,17?/m1/s1. The van der Waals surface area contributed by atoms with Gasteiger partial charge in [-0.05, 0) is 58.6 Å². The number of rotatable bonds is 6. The second-order valence-electron chi connectivity index (χ2n) is 7.62. The molecule has 0 spiro atoms. The average molecular weight is 362 g/mol. The van der Waals surface area contributed by atoms with E-state index in [0.717, 1.165) is 25.0 Å². The van der Waals surface area contributed by atoms with Gasteiger partial charge in [0.2, 0.25) is 5.91 Å². The molecule has 3 atom stereocenters. The highest BCUT2D eigenvalue weighted by molar-refractivity contribution is 5.85. The van der Waals surface area contributed by atoms with Gasteiger partial charge in [0.05, 0.1) is 6.04 Å². The summed E-state index contributed by atoms with van der Waals surface area (Å²) in [6.07, 6.45) is 2.62. The number of para-hydroxylation sites is 1. The van der Waals surface area contributed by atoms with Gasteiger partial charge in [-0.1, -0.05) is 25.1 Å². The van der Waals surface area contributed by atoms with Crippen molar-refractivity contribution < 1.29 is 19.1 Å². The Bertz CT molecular complexity index is 598. The summed E-state index contributed by atoms with van der Waals surface area (Å²) >= 11 is 0. The highest BCUT2D eigenvalue weighted by Gasteiger charge is 2.32. The van der Waals surface area contributed by atoms with Gasteiger partial charge in [-0.2, -0.15) is 0 Å². The molecule has 0 heterocycles. The van der Waals surface area contributed by atoms with Gasteiger partial charge in [0.25, 0.3) is 0 Å². The van der Waals surface area contributed by atoms with Gasteiger partial charge < -0.3 is 20.1 Å². The molecule has 26 heavy (non-hydrogen) atoms. The number of hydrogen-bond donors (Lipinski definition) is 2. The Labute approximate surface area is 155 Å². The molecule has 2 amide bonds. The zero-order valence-corrected chi connectivity index (χ0v) is 16.1. The van der Waals surface area contributed by atoms with E-state index in [1.807, 2.05) is 37.3 Å². The fraction of sp³-hybridized carbons (Fsp3) is 0.600. The van der Waals surface area contributed by atoms with Gasteiger partial charge in [0, 0.05) is 0 Å². The van der Waals surface area contributed by atoms with Crippen molar-refractivity contribution in [3.05, 3.63) is 30.3 Å². The minimum absolute atomic E-state index is 0.0552. The monoisotopic (exact) mass is 362 g/mol. The molecule has 6 nitrogen and oxygen atoms in total. The van der Waals surface area contributed by atoms with Crippen LogP contribution in [0.15, 0.2) is 30.3 Å². The van der Waals surface area contributed by atoms with Crippen LogP contribution in [0.2, 0.25) is 0 Å². The largest absolute Gasteiger partial charge is 0.488 e. The molecule has 0 aromatic heterocycles. The fourth-order valence-electron chi connectivity index (χ4n) is 2.99. The molecule has 144 valence electrons. The molecule has 1 fully saturated rings. The van der Waals surface area contributed by atoms with Gasteiger partial charge >= 0.3 is 6.09 Å². The van der Waals surface area contributed by atoms with E-state index >= 15 is 0 Å². The predicted molar refractivity (Wildman–Crippen MR) is 100 cm³/mol. The molecule has 0 bridgehead atoms. The van der Waals surface area contributed by atoms with Crippen molar-refractivity contribution in [3.63, 3.8) is 0 Å². The van der Waals surface area contributed by atoms with E-state index in [9.17, 15) is 9.59 Å². The number of benzene rings is 1. The van der Waals surface area contributed by atoms with Crippen molar-refractivity contribution in [3.8, 4) is 5.75 Å². The van der Waals surface area contributed by atoms with Gasteiger partial charge in [0.15, 0.2) is 0 Å². The molecular formula is C20H30N2O4. The Morgan fingerprint density at radius 2 is 1.88 bits per heavy atom. The minimum Gasteiger partial charge on any atom is -0.488 e. The third-order valence-corrected chi connectivity index (χ3v) is 4.23. The van der Waals surface area contributed by atoms with Crippen LogP contribution in [0.3, 0.4) is 0 Å². The van der Waals surface area contributed by atoms with E-state index in [1.54, 1.807) is 20.8 Å². The first kappa shape index (κ1) is 20.1. The van der Waals surface area contributed by atoms with Gasteiger partial charge in [0.1, 0.15) is 23.5 Å². The first-order valence-corrected chi connectivity index (χ1v) is 9.30. The Hall–Kier alpha value is -2.24. The SMILES string of the molecule is CC[C@@H](NC(=O)OC(C)(C)C)C(=O)NC1CCCC1Oc1ccccc1. The smallest absolute Gasteiger partial charge is 0.408 e. The quantitative estimate of drug-likeness (QED) is 0.813. The molecule has 1 aliphatic rings. The molecule has 1 saturated carbocycles. The van der Waals surface area contributed by atoms with Gasteiger partial charge in [-0.15, -0.1) is 0 Å². The normalized spacial score (nSPS) is 20.9. The minimum atomic E-state index is -0.622. The van der Waals surface area contributed by atoms with Crippen LogP contribution >= 0.6 is 0 Å². The van der Waals surface area contributed by atoms with E-state index in [1.165, 1.54) is 0 Å². The van der Waals surface area contributed by atoms with Crippen LogP contribution in [0.4, 0.5) is 4.79 Å². The number of nitrogens with one attached hydrogen (secondary N) is 2. The van der Waals surface area contributed by atoms with Gasteiger partial charge in [-0.25, -0.2) is 4.79 Å². The van der Waals surface area contributed by atoms with E-state index in [4.69, 9.17) is 9.47 Å². The summed E-state index contributed by atoms with van der Waals surface area (Å²) in [5.74, 6) is 0.601. The Balaban J connectivity index is 1.90. The Morgan fingerprint density at radius 1 is 1.19 bits per heavy atom. The second-order valence-corrected chi connectivity index (χ2v) is 7.62. The highest BCUT2D eigenvalue weighted by atomic mass is 16.6. The molecule has 0 saturated heterocycles. The molecule has 0 aliphatic heterocycles. The van der Waals surface area contributed by atoms with Gasteiger partial charge in [-0.3, -0.25) is 4.79 Å². The maximum absolute atomic E-state index is 12.6. The molecule has 1 aromatic rings. The lowest BCUT2D eigenvalue weighted by Gasteiger charge is -2.26. The first-order chi connectivity index (χ1) is 12.3. The van der Waals surface area contributed by atoms with Crippen LogP contribution in [-0.2, 0) is 9.53 Å². The molecule has 1 aromatic carbocycles. The summed E-state index contributed by atoms with van der Waals surface area (Å²) in [6, 6.07) is 8.94. The third-order valence-electron chi connectivity index (χ3n) is 4.23. The lowest BCUT2D eigenvalue weighted by molar-refractivity contribution is -0.124. The summed E-state index contributed by atoms with van der Waals surface area (Å²) in [4.78, 5) is 24.5. The lowest BCUT2D eigenvalue weighted by atomic mass is 10.1. The highest BCUT2D eigenvalue weighted by Crippen LogP contribution is 2.24. The van der Waals surface area contributed by atoms with Crippen LogP contribution in [0.5, 0.6) is 5.75 Å². The second kappa shape index (κ2) is 8.92. The topological polar surface area (TPSA) is 76.7 Å². The Morgan fingerprint density at radius 3 is 2.50 bits per heavy atom. The Kier molecular flexibility index (Phi) is 6.89. The number of ether oxygens (including phenoxy) is 2. The van der Waals surface area contributed by atoms with E-state index in [2.05, 4.69) is 10.6 Å². The van der Waals surface area contributed by atoms with Crippen molar-refractivity contribution in [2.45, 2.75) is 77.2 Å². The summed E-state index contributed by atoms with van der Waals surface area (Å²) in [7, 11) is 0. The summed E-state index contributed by atoms with van der Waals surface area (Å²) in [5, 5.41) is 5.68. The number of alkyl carbamates (subject to hydrolysis) is 1. The molecule has 2 unspecified atom stereocenters. The maximum Gasteiger partial charge on any atom is 0.408 e. The van der Waals surface area contributed by atoms with Crippen molar-refractivity contribution in [1.29, 1.82) is 0 Å². The van der Waals surface area contributed by atoms with Crippen LogP contribution in [-0.4, -0.2) is 35.8 Å². The predicted octanol–water partition coefficient (Wildman–Crippen LogP) is 3.41. The molecule has 2 rings (SSSR count). The van der Waals surface area contributed by atoms with E-state index in [-0.39, 0.29) is 18.1 Å². The molecule has 2 N–H and O–H groups in total. The number of amides is 2. The van der Waals surface area contributed by atoms with Crippen LogP contribution in [0, 0.1) is 0 Å². The number of hydrogen-bond acceptors (Lipinski definition) is 4. The van der Waals surface area contributed by atoms with Crippen molar-refractivity contribution in [2.24, 2.45) is 0 Å². The van der Waals surface area contributed by atoms with Crippen molar-refractivity contribution >= 4 is 12.0 Å². The zero-order valence-electron chi connectivity index (χ0n) is 16.1. The number of carbonyl (C=O) groups is 2. The lowest BCUT2D eigenvalue weighted by Crippen LogP contribution is -2.52. The molecule has 6 heteroatoms. The number of carbonyl (C=O) groups excluding carboxylic acids is 2. The summed E-state index contributed by atoms with van der Waals surface area (Å²) in [5.41, 5.74) is -0.598. The van der Waals surface area contributed by atoms with E-state index in [0.29, 0.717) is 6.42 Å². The fourth-order valence-corrected chi connectivity index (χ4v) is 2.99. The van der Waals surface area contributed by atoms with E-state index < -0.39 is 17.7 Å². The van der Waals surface area contributed by atoms with Crippen LogP contribution < -0.4 is 15.4 Å². The average Bonchev–Trinajstić information content (AvgIpc) is 2.98. The molecule has 1 aliphatic carbocycles. The van der Waals surface area contributed by atoms with Crippen molar-refractivity contribution in [1.82, 2.24) is 10.6 Å². The summed E-state index contributed by atoms with van der Waals surface area (Å²) in [6.45, 7) is 7.22. The van der Waals surface area contributed by atoms with Crippen molar-refractivity contribution in [2.75, 3.05) is 0 Å². The van der Waals surface area contributed by atoms with Crippen LogP contribution in [0.1, 0.15) is 53.4 Å². The maximum atomic E-state index is 12.6. The zero-order chi connectivity index (χ0) is 19.2.